The predicted octanol–water partition coefficient (Wildman–Crippen LogP) is 3.75. The molecule has 2 atom stereocenters. The molecular formula is C16H20N. The third-order valence-corrected chi connectivity index (χ3v) is 4.02. The number of rotatable bonds is 4. The van der Waals surface area contributed by atoms with Crippen LogP contribution < -0.4 is 0 Å². The van der Waals surface area contributed by atoms with E-state index in [2.05, 4.69) is 54.7 Å². The van der Waals surface area contributed by atoms with Crippen LogP contribution in [-0.2, 0) is 0 Å². The lowest BCUT2D eigenvalue weighted by atomic mass is 10.0. The van der Waals surface area contributed by atoms with Gasteiger partial charge in [-0.1, -0.05) is 43.3 Å². The molecule has 1 fully saturated rings. The van der Waals surface area contributed by atoms with Crippen molar-refractivity contribution in [1.82, 2.24) is 4.90 Å². The first kappa shape index (κ1) is 11.0. The van der Waals surface area contributed by atoms with Gasteiger partial charge in [-0.05, 0) is 36.9 Å². The number of hydrogen-bond acceptors (Lipinski definition) is 1. The monoisotopic (exact) mass is 226 g/mol. The Morgan fingerprint density at radius 2 is 2.06 bits per heavy atom. The van der Waals surface area contributed by atoms with Gasteiger partial charge in [0.1, 0.15) is 0 Å². The summed E-state index contributed by atoms with van der Waals surface area (Å²) in [5.41, 5.74) is 2.96. The van der Waals surface area contributed by atoms with E-state index in [1.807, 2.05) is 0 Å². The van der Waals surface area contributed by atoms with E-state index in [9.17, 15) is 0 Å². The summed E-state index contributed by atoms with van der Waals surface area (Å²) in [6, 6.07) is 12.2. The summed E-state index contributed by atoms with van der Waals surface area (Å²) >= 11 is 0. The van der Waals surface area contributed by atoms with E-state index in [4.69, 9.17) is 0 Å². The minimum absolute atomic E-state index is 0.517. The van der Waals surface area contributed by atoms with E-state index in [0.717, 1.165) is 6.04 Å². The van der Waals surface area contributed by atoms with E-state index in [-0.39, 0.29) is 0 Å². The maximum Gasteiger partial charge on any atom is 0.0569 e. The molecule has 1 radical (unpaired) electrons. The van der Waals surface area contributed by atoms with E-state index in [0.29, 0.717) is 6.04 Å². The Balaban J connectivity index is 1.88. The molecule has 3 rings (SSSR count). The molecule has 1 saturated heterocycles. The lowest BCUT2D eigenvalue weighted by Gasteiger charge is -2.32. The Morgan fingerprint density at radius 3 is 2.71 bits per heavy atom. The fourth-order valence-electron chi connectivity index (χ4n) is 3.08. The number of nitrogens with zero attached hydrogens (tertiary/aromatic N) is 1. The van der Waals surface area contributed by atoms with Gasteiger partial charge in [0.05, 0.1) is 6.04 Å². The fourth-order valence-corrected chi connectivity index (χ4v) is 3.08. The first-order chi connectivity index (χ1) is 8.40. The lowest BCUT2D eigenvalue weighted by Crippen LogP contribution is -2.32. The zero-order chi connectivity index (χ0) is 11.7. The highest BCUT2D eigenvalue weighted by atomic mass is 15.2. The van der Waals surface area contributed by atoms with Crippen LogP contribution in [0.3, 0.4) is 0 Å². The minimum atomic E-state index is 0.517. The van der Waals surface area contributed by atoms with Gasteiger partial charge in [-0.3, -0.25) is 4.90 Å². The molecule has 1 heteroatoms. The summed E-state index contributed by atoms with van der Waals surface area (Å²) in [5.74, 6) is 0. The second kappa shape index (κ2) is 4.66. The van der Waals surface area contributed by atoms with E-state index < -0.39 is 0 Å². The molecule has 1 nitrogen and oxygen atoms in total. The quantitative estimate of drug-likeness (QED) is 0.756. The van der Waals surface area contributed by atoms with Gasteiger partial charge in [-0.2, -0.15) is 0 Å². The van der Waals surface area contributed by atoms with Crippen molar-refractivity contribution in [3.05, 3.63) is 54.0 Å². The number of hydrogen-bond donors (Lipinski definition) is 0. The SMILES string of the molecule is CCC1CCCN1C(C1=C[CH]1)c1ccccc1. The minimum Gasteiger partial charge on any atom is -0.290 e. The third kappa shape index (κ3) is 2.16. The summed E-state index contributed by atoms with van der Waals surface area (Å²) in [6.07, 6.45) is 8.53. The molecular weight excluding hydrogens is 206 g/mol. The second-order valence-corrected chi connectivity index (χ2v) is 5.09. The molecule has 1 heterocycles. The average molecular weight is 226 g/mol. The van der Waals surface area contributed by atoms with Crippen LogP contribution in [0, 0.1) is 6.42 Å². The summed E-state index contributed by atoms with van der Waals surface area (Å²) < 4.78 is 0. The number of benzene rings is 1. The molecule has 1 aliphatic carbocycles. The molecule has 89 valence electrons. The van der Waals surface area contributed by atoms with Crippen molar-refractivity contribution >= 4 is 0 Å². The Morgan fingerprint density at radius 1 is 1.29 bits per heavy atom. The smallest absolute Gasteiger partial charge is 0.0569 e. The lowest BCUT2D eigenvalue weighted by molar-refractivity contribution is 0.204. The molecule has 1 aromatic carbocycles. The molecule has 2 unspecified atom stereocenters. The molecule has 0 saturated carbocycles. The van der Waals surface area contributed by atoms with Gasteiger partial charge in [0.2, 0.25) is 0 Å². The Kier molecular flexibility index (Phi) is 3.02. The second-order valence-electron chi connectivity index (χ2n) is 5.09. The van der Waals surface area contributed by atoms with Crippen molar-refractivity contribution in [3.8, 4) is 0 Å². The molecule has 0 spiro atoms. The normalized spacial score (nSPS) is 25.7. The molecule has 0 amide bonds. The highest BCUT2D eigenvalue weighted by molar-refractivity contribution is 5.47. The van der Waals surface area contributed by atoms with Crippen LogP contribution in [0.2, 0.25) is 0 Å². The van der Waals surface area contributed by atoms with Crippen LogP contribution >= 0.6 is 0 Å². The van der Waals surface area contributed by atoms with Crippen LogP contribution in [0.15, 0.2) is 42.0 Å². The highest BCUT2D eigenvalue weighted by Gasteiger charge is 2.34. The van der Waals surface area contributed by atoms with Crippen molar-refractivity contribution in [3.63, 3.8) is 0 Å². The van der Waals surface area contributed by atoms with Crippen LogP contribution in [-0.4, -0.2) is 17.5 Å². The Labute approximate surface area is 104 Å². The van der Waals surface area contributed by atoms with Crippen molar-refractivity contribution in [2.75, 3.05) is 6.54 Å². The zero-order valence-electron chi connectivity index (χ0n) is 10.5. The largest absolute Gasteiger partial charge is 0.290 e. The number of likely N-dealkylation sites (tertiary alicyclic amines) is 1. The first-order valence-corrected chi connectivity index (χ1v) is 6.75. The fraction of sp³-hybridized carbons (Fsp3) is 0.438. The van der Waals surface area contributed by atoms with Crippen molar-refractivity contribution in [1.29, 1.82) is 0 Å². The molecule has 0 N–H and O–H groups in total. The summed E-state index contributed by atoms with van der Waals surface area (Å²) in [5, 5.41) is 0. The van der Waals surface area contributed by atoms with Gasteiger partial charge in [0, 0.05) is 12.5 Å². The van der Waals surface area contributed by atoms with Gasteiger partial charge in [0.15, 0.2) is 0 Å². The Hall–Kier alpha value is -1.08. The first-order valence-electron chi connectivity index (χ1n) is 6.75. The van der Waals surface area contributed by atoms with E-state index in [1.54, 1.807) is 0 Å². The van der Waals surface area contributed by atoms with Crippen LogP contribution in [0.4, 0.5) is 0 Å². The summed E-state index contributed by atoms with van der Waals surface area (Å²) in [4.78, 5) is 2.70. The average Bonchev–Trinajstić information content (AvgIpc) is 3.09. The van der Waals surface area contributed by atoms with Crippen LogP contribution in [0.5, 0.6) is 0 Å². The molecule has 17 heavy (non-hydrogen) atoms. The molecule has 1 aromatic rings. The van der Waals surface area contributed by atoms with E-state index in [1.165, 1.54) is 36.9 Å². The molecule has 0 bridgehead atoms. The predicted molar refractivity (Wildman–Crippen MR) is 71.6 cm³/mol. The van der Waals surface area contributed by atoms with Crippen LogP contribution in [0.25, 0.3) is 0 Å². The van der Waals surface area contributed by atoms with Gasteiger partial charge in [-0.25, -0.2) is 0 Å². The van der Waals surface area contributed by atoms with E-state index >= 15 is 0 Å². The highest BCUT2D eigenvalue weighted by Crippen LogP contribution is 2.41. The maximum absolute atomic E-state index is 2.70. The van der Waals surface area contributed by atoms with Crippen molar-refractivity contribution in [2.45, 2.75) is 38.3 Å². The van der Waals surface area contributed by atoms with Crippen molar-refractivity contribution in [2.24, 2.45) is 0 Å². The molecule has 2 aliphatic rings. The molecule has 0 aromatic heterocycles. The van der Waals surface area contributed by atoms with Crippen molar-refractivity contribution < 1.29 is 0 Å². The third-order valence-electron chi connectivity index (χ3n) is 4.02. The number of allylic oxidation sites excluding steroid dienone is 1. The van der Waals surface area contributed by atoms with Gasteiger partial charge in [0.25, 0.3) is 0 Å². The summed E-state index contributed by atoms with van der Waals surface area (Å²) in [6.45, 7) is 3.57. The van der Waals surface area contributed by atoms with Gasteiger partial charge in [-0.15, -0.1) is 0 Å². The standard InChI is InChI=1S/C16H20N/c1-2-15-9-6-12-17(15)16(14-10-11-14)13-7-4-3-5-8-13/h3-5,7-8,10-11,15-16H,2,6,9,12H2,1H3. The zero-order valence-corrected chi connectivity index (χ0v) is 10.5. The Bertz CT molecular complexity index is 407. The van der Waals surface area contributed by atoms with Crippen LogP contribution in [0.1, 0.15) is 37.8 Å². The van der Waals surface area contributed by atoms with Gasteiger partial charge >= 0.3 is 0 Å². The maximum atomic E-state index is 2.70. The topological polar surface area (TPSA) is 3.24 Å². The van der Waals surface area contributed by atoms with Gasteiger partial charge < -0.3 is 0 Å². The summed E-state index contributed by atoms with van der Waals surface area (Å²) in [7, 11) is 0. The molecule has 1 aliphatic heterocycles.